The molecule has 0 aromatic heterocycles. The maximum atomic E-state index is 12.5. The zero-order chi connectivity index (χ0) is 12.5. The van der Waals surface area contributed by atoms with Crippen LogP contribution < -0.4 is 0 Å². The lowest BCUT2D eigenvalue weighted by Crippen LogP contribution is -2.56. The van der Waals surface area contributed by atoms with E-state index in [9.17, 15) is 35.1 Å². The first-order valence-corrected chi connectivity index (χ1v) is 3.95. The summed E-state index contributed by atoms with van der Waals surface area (Å²) >= 11 is 0. The molecule has 0 amide bonds. The quantitative estimate of drug-likeness (QED) is 0.656. The molecule has 0 radical (unpaired) electrons. The lowest BCUT2D eigenvalue weighted by atomic mass is 10.0. The molecular weight excluding hydrogens is 236 g/mol. The first kappa shape index (κ1) is 14.4. The van der Waals surface area contributed by atoms with Crippen molar-refractivity contribution in [2.24, 2.45) is 0 Å². The average molecular weight is 244 g/mol. The first-order chi connectivity index (χ1) is 6.48. The molecule has 0 fully saturated rings. The summed E-state index contributed by atoms with van der Waals surface area (Å²) in [6.45, 7) is 1.19. The Bertz CT molecular complexity index is 206. The van der Waals surface area contributed by atoms with Gasteiger partial charge in [-0.05, 0) is 6.42 Å². The average Bonchev–Trinajstić information content (AvgIpc) is 2.02. The van der Waals surface area contributed by atoms with Crippen LogP contribution in [0.15, 0.2) is 0 Å². The number of alkyl halides is 8. The summed E-state index contributed by atoms with van der Waals surface area (Å²) in [7, 11) is 0. The Balaban J connectivity index is 5.00. The van der Waals surface area contributed by atoms with E-state index in [2.05, 4.69) is 0 Å². The van der Waals surface area contributed by atoms with Crippen molar-refractivity contribution in [2.45, 2.75) is 44.0 Å². The summed E-state index contributed by atoms with van der Waals surface area (Å²) in [6, 6.07) is 0. The van der Waals surface area contributed by atoms with Crippen LogP contribution in [-0.4, -0.2) is 24.2 Å². The molecule has 0 nitrogen and oxygen atoms in total. The van der Waals surface area contributed by atoms with Crippen LogP contribution in [0.3, 0.4) is 0 Å². The number of hydrogen-bond acceptors (Lipinski definition) is 0. The van der Waals surface area contributed by atoms with Gasteiger partial charge in [0.1, 0.15) is 0 Å². The molecule has 15 heavy (non-hydrogen) atoms. The molecule has 0 saturated heterocycles. The highest BCUT2D eigenvalue weighted by Crippen LogP contribution is 2.49. The highest BCUT2D eigenvalue weighted by Gasteiger charge is 2.75. The van der Waals surface area contributed by atoms with Crippen molar-refractivity contribution in [2.75, 3.05) is 0 Å². The monoisotopic (exact) mass is 244 g/mol. The van der Waals surface area contributed by atoms with E-state index in [1.807, 2.05) is 0 Å². The molecule has 0 aromatic carbocycles. The van der Waals surface area contributed by atoms with Gasteiger partial charge in [0, 0.05) is 0 Å². The second-order valence-electron chi connectivity index (χ2n) is 2.95. The van der Waals surface area contributed by atoms with E-state index in [4.69, 9.17) is 0 Å². The number of halogens is 8. The molecule has 1 atom stereocenters. The SMILES string of the molecule is CCC[C@H](F)C(F)(F)C(F)(F)C(F)(F)F. The second-order valence-corrected chi connectivity index (χ2v) is 2.95. The van der Waals surface area contributed by atoms with Crippen LogP contribution in [0.1, 0.15) is 19.8 Å². The summed E-state index contributed by atoms with van der Waals surface area (Å²) in [5.41, 5.74) is 0. The minimum absolute atomic E-state index is 0.259. The van der Waals surface area contributed by atoms with Gasteiger partial charge in [-0.25, -0.2) is 4.39 Å². The van der Waals surface area contributed by atoms with E-state index < -0.39 is 30.6 Å². The highest BCUT2D eigenvalue weighted by atomic mass is 19.4. The molecule has 92 valence electrons. The molecule has 0 rings (SSSR count). The molecule has 8 heteroatoms. The molecule has 0 spiro atoms. The van der Waals surface area contributed by atoms with Crippen molar-refractivity contribution < 1.29 is 35.1 Å². The fraction of sp³-hybridized carbons (Fsp3) is 1.00. The van der Waals surface area contributed by atoms with E-state index in [1.54, 1.807) is 0 Å². The fourth-order valence-electron chi connectivity index (χ4n) is 0.820. The van der Waals surface area contributed by atoms with Crippen molar-refractivity contribution >= 4 is 0 Å². The van der Waals surface area contributed by atoms with Crippen LogP contribution in [0.2, 0.25) is 0 Å². The minimum Gasteiger partial charge on any atom is -0.241 e. The van der Waals surface area contributed by atoms with Gasteiger partial charge < -0.3 is 0 Å². The van der Waals surface area contributed by atoms with E-state index >= 15 is 0 Å². The summed E-state index contributed by atoms with van der Waals surface area (Å²) in [5.74, 6) is -12.1. The lowest BCUT2D eigenvalue weighted by Gasteiger charge is -2.30. The van der Waals surface area contributed by atoms with Gasteiger partial charge in [-0.1, -0.05) is 13.3 Å². The third-order valence-electron chi connectivity index (χ3n) is 1.71. The van der Waals surface area contributed by atoms with Crippen molar-refractivity contribution in [1.29, 1.82) is 0 Å². The summed E-state index contributed by atoms with van der Waals surface area (Å²) in [6.07, 6.45) is -11.3. The zero-order valence-electron chi connectivity index (χ0n) is 7.52. The van der Waals surface area contributed by atoms with Crippen LogP contribution in [-0.2, 0) is 0 Å². The molecule has 0 heterocycles. The molecule has 0 aliphatic rings. The smallest absolute Gasteiger partial charge is 0.241 e. The van der Waals surface area contributed by atoms with Crippen molar-refractivity contribution in [3.05, 3.63) is 0 Å². The molecule has 0 unspecified atom stereocenters. The molecule has 0 aromatic rings. The Morgan fingerprint density at radius 1 is 0.933 bits per heavy atom. The lowest BCUT2D eigenvalue weighted by molar-refractivity contribution is -0.366. The molecule has 0 aliphatic heterocycles. The Hall–Kier alpha value is -0.560. The van der Waals surface area contributed by atoms with Gasteiger partial charge in [-0.2, -0.15) is 30.7 Å². The number of hydrogen-bond donors (Lipinski definition) is 0. The molecule has 0 saturated carbocycles. The standard InChI is InChI=1S/C7H8F8/c1-2-3-4(8)5(9,10)6(11,12)7(13,14)15/h4H,2-3H2,1H3/t4-/m0/s1. The normalized spacial score (nSPS) is 16.6. The Kier molecular flexibility index (Phi) is 3.98. The van der Waals surface area contributed by atoms with Crippen molar-refractivity contribution in [1.82, 2.24) is 0 Å². The second kappa shape index (κ2) is 4.13. The molecular formula is C7H8F8. The largest absolute Gasteiger partial charge is 0.459 e. The van der Waals surface area contributed by atoms with Crippen LogP contribution in [0.25, 0.3) is 0 Å². The van der Waals surface area contributed by atoms with Crippen LogP contribution in [0, 0.1) is 0 Å². The van der Waals surface area contributed by atoms with Crippen molar-refractivity contribution in [3.63, 3.8) is 0 Å². The maximum Gasteiger partial charge on any atom is 0.459 e. The number of rotatable bonds is 4. The summed E-state index contributed by atoms with van der Waals surface area (Å²) in [5, 5.41) is 0. The maximum absolute atomic E-state index is 12.5. The summed E-state index contributed by atoms with van der Waals surface area (Å²) < 4.78 is 96.3. The highest BCUT2D eigenvalue weighted by molar-refractivity contribution is 4.95. The van der Waals surface area contributed by atoms with Crippen LogP contribution >= 0.6 is 0 Å². The van der Waals surface area contributed by atoms with Crippen molar-refractivity contribution in [3.8, 4) is 0 Å². The van der Waals surface area contributed by atoms with E-state index in [1.165, 1.54) is 6.92 Å². The van der Waals surface area contributed by atoms with E-state index in [0.29, 0.717) is 0 Å². The predicted molar refractivity (Wildman–Crippen MR) is 35.8 cm³/mol. The van der Waals surface area contributed by atoms with Gasteiger partial charge in [0.2, 0.25) is 0 Å². The Morgan fingerprint density at radius 2 is 1.33 bits per heavy atom. The van der Waals surface area contributed by atoms with Crippen LogP contribution in [0.4, 0.5) is 35.1 Å². The molecule has 0 N–H and O–H groups in total. The Labute approximate surface area is 80.3 Å². The third kappa shape index (κ3) is 2.52. The predicted octanol–water partition coefficient (Wildman–Crippen LogP) is 3.96. The molecule has 0 bridgehead atoms. The Morgan fingerprint density at radius 3 is 1.60 bits per heavy atom. The topological polar surface area (TPSA) is 0 Å². The third-order valence-corrected chi connectivity index (χ3v) is 1.71. The van der Waals surface area contributed by atoms with E-state index in [0.717, 1.165) is 0 Å². The van der Waals surface area contributed by atoms with Gasteiger partial charge in [-0.15, -0.1) is 0 Å². The van der Waals surface area contributed by atoms with Gasteiger partial charge in [0.05, 0.1) is 0 Å². The minimum atomic E-state index is -6.46. The zero-order valence-corrected chi connectivity index (χ0v) is 7.52. The van der Waals surface area contributed by atoms with Gasteiger partial charge in [0.15, 0.2) is 6.17 Å². The van der Waals surface area contributed by atoms with Crippen LogP contribution in [0.5, 0.6) is 0 Å². The first-order valence-electron chi connectivity index (χ1n) is 3.95. The molecule has 0 aliphatic carbocycles. The summed E-state index contributed by atoms with van der Waals surface area (Å²) in [4.78, 5) is 0. The van der Waals surface area contributed by atoms with Gasteiger partial charge in [-0.3, -0.25) is 0 Å². The van der Waals surface area contributed by atoms with E-state index in [-0.39, 0.29) is 6.42 Å². The van der Waals surface area contributed by atoms with Gasteiger partial charge in [0.25, 0.3) is 0 Å². The fourth-order valence-corrected chi connectivity index (χ4v) is 0.820. The van der Waals surface area contributed by atoms with Gasteiger partial charge >= 0.3 is 18.0 Å².